The fraction of sp³-hybridized carbons (Fsp3) is 0.360. The summed E-state index contributed by atoms with van der Waals surface area (Å²) in [4.78, 5) is 8.66. The molecule has 0 spiro atoms. The Labute approximate surface area is 200 Å². The van der Waals surface area contributed by atoms with E-state index in [2.05, 4.69) is 15.3 Å². The molecule has 0 saturated heterocycles. The summed E-state index contributed by atoms with van der Waals surface area (Å²) in [6, 6.07) is 14.0. The monoisotopic (exact) mass is 491 g/mol. The van der Waals surface area contributed by atoms with Crippen LogP contribution in [0, 0.1) is 11.8 Å². The Morgan fingerprint density at radius 3 is 2.59 bits per heavy atom. The zero-order chi connectivity index (χ0) is 24.3. The topological polar surface area (TPSA) is 78.3 Å². The van der Waals surface area contributed by atoms with Gasteiger partial charge in [-0.3, -0.25) is 0 Å². The van der Waals surface area contributed by atoms with Gasteiger partial charge >= 0.3 is 6.18 Å². The van der Waals surface area contributed by atoms with Gasteiger partial charge in [0.15, 0.2) is 5.82 Å². The van der Waals surface area contributed by atoms with Crippen LogP contribution < -0.4 is 5.32 Å². The molecule has 3 N–H and O–H groups in total. The highest BCUT2D eigenvalue weighted by Crippen LogP contribution is 2.36. The molecule has 0 radical (unpaired) electrons. The fourth-order valence-electron chi connectivity index (χ4n) is 4.59. The van der Waals surface area contributed by atoms with E-state index >= 15 is 0 Å². The van der Waals surface area contributed by atoms with Crippen molar-refractivity contribution >= 4 is 11.6 Å². The van der Waals surface area contributed by atoms with Crippen LogP contribution in [-0.4, -0.2) is 38.9 Å². The van der Waals surface area contributed by atoms with E-state index in [0.29, 0.717) is 30.1 Å². The zero-order valence-electron chi connectivity index (χ0n) is 18.2. The van der Waals surface area contributed by atoms with Crippen LogP contribution in [0.15, 0.2) is 60.8 Å². The minimum absolute atomic E-state index is 0.101. The summed E-state index contributed by atoms with van der Waals surface area (Å²) in [5.74, 6) is -0.286. The Kier molecular flexibility index (Phi) is 7.52. The summed E-state index contributed by atoms with van der Waals surface area (Å²) in [7, 11) is 0. The molecule has 1 aliphatic carbocycles. The highest BCUT2D eigenvalue weighted by atomic mass is 35.5. The summed E-state index contributed by atoms with van der Waals surface area (Å²) < 4.78 is 39.3. The van der Waals surface area contributed by atoms with Gasteiger partial charge in [0.1, 0.15) is 0 Å². The van der Waals surface area contributed by atoms with Gasteiger partial charge < -0.3 is 15.5 Å². The van der Waals surface area contributed by atoms with Crippen LogP contribution in [0.25, 0.3) is 11.4 Å². The first-order valence-corrected chi connectivity index (χ1v) is 11.4. The zero-order valence-corrected chi connectivity index (χ0v) is 19.0. The average molecular weight is 492 g/mol. The molecule has 2 aromatic carbocycles. The largest absolute Gasteiger partial charge is 0.416 e. The van der Waals surface area contributed by atoms with E-state index < -0.39 is 17.8 Å². The fourth-order valence-corrected chi connectivity index (χ4v) is 4.79. The standard InChI is InChI=1S/C25H25ClF3N3O2/c26-21-7-2-1-4-16(21)13-31-22-12-23(34)20(14-33)19(22)11-18-8-9-30-24(32-18)15-5-3-6-17(10-15)25(27,28)29/h1-10,19-20,22-23,31,33-34H,11-14H2. The van der Waals surface area contributed by atoms with Gasteiger partial charge in [-0.2, -0.15) is 13.2 Å². The lowest BCUT2D eigenvalue weighted by Crippen LogP contribution is -2.36. The lowest BCUT2D eigenvalue weighted by Gasteiger charge is -2.25. The molecule has 0 aliphatic heterocycles. The van der Waals surface area contributed by atoms with Crippen LogP contribution in [0.5, 0.6) is 0 Å². The van der Waals surface area contributed by atoms with Crippen molar-refractivity contribution in [3.05, 3.63) is 82.6 Å². The second-order valence-electron chi connectivity index (χ2n) is 8.55. The number of nitrogens with one attached hydrogen (secondary N) is 1. The molecule has 180 valence electrons. The second kappa shape index (κ2) is 10.4. The summed E-state index contributed by atoms with van der Waals surface area (Å²) in [5.41, 5.74) is 1.07. The molecule has 1 heterocycles. The molecular weight excluding hydrogens is 467 g/mol. The number of hydrogen-bond donors (Lipinski definition) is 3. The van der Waals surface area contributed by atoms with Gasteiger partial charge in [-0.15, -0.1) is 0 Å². The summed E-state index contributed by atoms with van der Waals surface area (Å²) in [5, 5.41) is 24.6. The van der Waals surface area contributed by atoms with Crippen molar-refractivity contribution in [1.82, 2.24) is 15.3 Å². The van der Waals surface area contributed by atoms with Crippen molar-refractivity contribution in [1.29, 1.82) is 0 Å². The van der Waals surface area contributed by atoms with Gasteiger partial charge in [0.25, 0.3) is 0 Å². The number of hydrogen-bond acceptors (Lipinski definition) is 5. The molecular formula is C25H25ClF3N3O2. The Morgan fingerprint density at radius 1 is 1.06 bits per heavy atom. The van der Waals surface area contributed by atoms with Crippen molar-refractivity contribution in [2.75, 3.05) is 6.61 Å². The number of aromatic nitrogens is 2. The molecule has 4 unspecified atom stereocenters. The maximum absolute atomic E-state index is 13.1. The number of aliphatic hydroxyl groups excluding tert-OH is 2. The highest BCUT2D eigenvalue weighted by molar-refractivity contribution is 6.31. The molecule has 1 saturated carbocycles. The molecule has 1 aliphatic rings. The summed E-state index contributed by atoms with van der Waals surface area (Å²) >= 11 is 6.26. The van der Waals surface area contributed by atoms with E-state index in [4.69, 9.17) is 11.6 Å². The van der Waals surface area contributed by atoms with Crippen LogP contribution in [0.4, 0.5) is 13.2 Å². The number of halogens is 4. The Hall–Kier alpha value is -2.52. The second-order valence-corrected chi connectivity index (χ2v) is 8.95. The molecule has 3 aromatic rings. The van der Waals surface area contributed by atoms with Crippen LogP contribution in [0.1, 0.15) is 23.2 Å². The predicted octanol–water partition coefficient (Wildman–Crippen LogP) is 4.51. The minimum atomic E-state index is -4.46. The van der Waals surface area contributed by atoms with E-state index in [0.717, 1.165) is 17.7 Å². The number of nitrogens with zero attached hydrogens (tertiary/aromatic N) is 2. The molecule has 0 bridgehead atoms. The molecule has 1 fully saturated rings. The number of benzene rings is 2. The normalized spacial score (nSPS) is 22.8. The molecule has 1 aromatic heterocycles. The lowest BCUT2D eigenvalue weighted by molar-refractivity contribution is -0.137. The highest BCUT2D eigenvalue weighted by Gasteiger charge is 2.42. The van der Waals surface area contributed by atoms with Gasteiger partial charge in [0.2, 0.25) is 0 Å². The Balaban J connectivity index is 1.54. The molecule has 34 heavy (non-hydrogen) atoms. The molecule has 5 nitrogen and oxygen atoms in total. The summed E-state index contributed by atoms with van der Waals surface area (Å²) in [6.07, 6.45) is -2.72. The quantitative estimate of drug-likeness (QED) is 0.453. The number of alkyl halides is 3. The first kappa shape index (κ1) is 24.6. The summed E-state index contributed by atoms with van der Waals surface area (Å²) in [6.45, 7) is 0.326. The third-order valence-corrected chi connectivity index (χ3v) is 6.75. The van der Waals surface area contributed by atoms with E-state index in [1.165, 1.54) is 18.3 Å². The van der Waals surface area contributed by atoms with Gasteiger partial charge in [-0.25, -0.2) is 9.97 Å². The van der Waals surface area contributed by atoms with E-state index in [1.54, 1.807) is 6.07 Å². The maximum atomic E-state index is 13.1. The molecule has 0 amide bonds. The van der Waals surface area contributed by atoms with Gasteiger partial charge in [0.05, 0.1) is 11.7 Å². The van der Waals surface area contributed by atoms with Gasteiger partial charge in [0, 0.05) is 47.6 Å². The molecule has 9 heteroatoms. The van der Waals surface area contributed by atoms with Crippen molar-refractivity contribution in [3.8, 4) is 11.4 Å². The first-order chi connectivity index (χ1) is 16.3. The van der Waals surface area contributed by atoms with Crippen molar-refractivity contribution in [2.24, 2.45) is 11.8 Å². The third-order valence-electron chi connectivity index (χ3n) is 6.39. The lowest BCUT2D eigenvalue weighted by atomic mass is 9.88. The van der Waals surface area contributed by atoms with Gasteiger partial charge in [-0.05, 0) is 48.6 Å². The Bertz CT molecular complexity index is 1130. The van der Waals surface area contributed by atoms with E-state index in [1.807, 2.05) is 24.3 Å². The average Bonchev–Trinajstić information content (AvgIpc) is 3.12. The van der Waals surface area contributed by atoms with Crippen LogP contribution in [0.2, 0.25) is 5.02 Å². The van der Waals surface area contributed by atoms with Crippen molar-refractivity contribution in [2.45, 2.75) is 37.7 Å². The van der Waals surface area contributed by atoms with E-state index in [-0.39, 0.29) is 35.9 Å². The first-order valence-electron chi connectivity index (χ1n) is 11.0. The molecule has 4 atom stereocenters. The molecule has 4 rings (SSSR count). The predicted molar refractivity (Wildman–Crippen MR) is 123 cm³/mol. The van der Waals surface area contributed by atoms with Crippen LogP contribution in [0.3, 0.4) is 0 Å². The van der Waals surface area contributed by atoms with E-state index in [9.17, 15) is 23.4 Å². The van der Waals surface area contributed by atoms with Gasteiger partial charge in [-0.1, -0.05) is 41.9 Å². The van der Waals surface area contributed by atoms with Crippen LogP contribution in [-0.2, 0) is 19.1 Å². The minimum Gasteiger partial charge on any atom is -0.396 e. The van der Waals surface area contributed by atoms with Crippen molar-refractivity contribution in [3.63, 3.8) is 0 Å². The van der Waals surface area contributed by atoms with Crippen molar-refractivity contribution < 1.29 is 23.4 Å². The van der Waals surface area contributed by atoms with Crippen LogP contribution >= 0.6 is 11.6 Å². The Morgan fingerprint density at radius 2 is 1.85 bits per heavy atom. The number of rotatable bonds is 7. The maximum Gasteiger partial charge on any atom is 0.416 e. The SMILES string of the molecule is OCC1C(O)CC(NCc2ccccc2Cl)C1Cc1ccnc(-c2cccc(C(F)(F)F)c2)n1. The number of aliphatic hydroxyl groups is 2. The smallest absolute Gasteiger partial charge is 0.396 e. The third kappa shape index (κ3) is 5.58.